The van der Waals surface area contributed by atoms with E-state index in [0.717, 1.165) is 0 Å². The number of carbonyl (C=O) groups excluding carboxylic acids is 1. The first-order valence-electron chi connectivity index (χ1n) is 3.45. The molecule has 5 heteroatoms. The molecule has 0 saturated carbocycles. The fraction of sp³-hybridized carbons (Fsp3) is 0.429. The van der Waals surface area contributed by atoms with Crippen molar-refractivity contribution >= 4 is 5.97 Å². The molecular weight excluding hydrogens is 162 g/mol. The van der Waals surface area contributed by atoms with Crippen LogP contribution in [0.3, 0.4) is 0 Å². The van der Waals surface area contributed by atoms with Crippen LogP contribution in [0.2, 0.25) is 0 Å². The maximum Gasteiger partial charge on any atom is 0.347 e. The molecule has 0 atom stereocenters. The molecule has 0 saturated heterocycles. The highest BCUT2D eigenvalue weighted by molar-refractivity contribution is 5.91. The van der Waals surface area contributed by atoms with E-state index in [2.05, 4.69) is 9.68 Å². The number of nitrogens with zero attached hydrogens (tertiary/aromatic N) is 1. The minimum absolute atomic E-state index is 0.0773. The summed E-state index contributed by atoms with van der Waals surface area (Å²) in [7, 11) is 1.39. The van der Waals surface area contributed by atoms with Crippen molar-refractivity contribution in [2.75, 3.05) is 13.7 Å². The molecule has 0 N–H and O–H groups in total. The molecule has 0 aromatic carbocycles. The molecular formula is C7H9NO4. The Labute approximate surface area is 69.2 Å². The predicted octanol–water partition coefficient (Wildman–Crippen LogP) is 0.860. The SMILES string of the molecule is CCOC(=O)c1cnoc1OC. The van der Waals surface area contributed by atoms with Gasteiger partial charge in [0.2, 0.25) is 0 Å². The van der Waals surface area contributed by atoms with Crippen LogP contribution in [-0.4, -0.2) is 24.8 Å². The van der Waals surface area contributed by atoms with E-state index in [1.807, 2.05) is 0 Å². The van der Waals surface area contributed by atoms with Crippen molar-refractivity contribution in [3.8, 4) is 5.95 Å². The zero-order valence-corrected chi connectivity index (χ0v) is 6.86. The lowest BCUT2D eigenvalue weighted by Gasteiger charge is -1.98. The number of esters is 1. The topological polar surface area (TPSA) is 61.6 Å². The molecule has 0 aliphatic carbocycles. The Balaban J connectivity index is 2.79. The second-order valence-corrected chi connectivity index (χ2v) is 1.95. The summed E-state index contributed by atoms with van der Waals surface area (Å²) in [5.74, 6) is -0.413. The van der Waals surface area contributed by atoms with Crippen LogP contribution >= 0.6 is 0 Å². The van der Waals surface area contributed by atoms with Crippen molar-refractivity contribution in [2.45, 2.75) is 6.92 Å². The third-order valence-electron chi connectivity index (χ3n) is 1.22. The zero-order chi connectivity index (χ0) is 8.97. The van der Waals surface area contributed by atoms with Gasteiger partial charge in [0, 0.05) is 0 Å². The minimum Gasteiger partial charge on any atom is -0.466 e. The Bertz CT molecular complexity index is 268. The fourth-order valence-corrected chi connectivity index (χ4v) is 0.721. The molecule has 0 spiro atoms. The lowest BCUT2D eigenvalue weighted by molar-refractivity contribution is 0.0520. The molecule has 1 aromatic heterocycles. The molecule has 0 aliphatic rings. The summed E-state index contributed by atoms with van der Waals surface area (Å²) in [6, 6.07) is 0. The van der Waals surface area contributed by atoms with E-state index in [0.29, 0.717) is 6.61 Å². The fourth-order valence-electron chi connectivity index (χ4n) is 0.721. The molecule has 0 radical (unpaired) electrons. The summed E-state index contributed by atoms with van der Waals surface area (Å²) in [5, 5.41) is 3.40. The average Bonchev–Trinajstić information content (AvgIpc) is 2.51. The lowest BCUT2D eigenvalue weighted by atomic mass is 10.3. The van der Waals surface area contributed by atoms with Gasteiger partial charge in [-0.15, -0.1) is 0 Å². The molecule has 0 unspecified atom stereocenters. The third kappa shape index (κ3) is 1.55. The van der Waals surface area contributed by atoms with Crippen LogP contribution < -0.4 is 4.74 Å². The largest absolute Gasteiger partial charge is 0.466 e. The number of methoxy groups -OCH3 is 1. The van der Waals surface area contributed by atoms with Crippen LogP contribution in [0.25, 0.3) is 0 Å². The molecule has 1 heterocycles. The lowest BCUT2D eigenvalue weighted by Crippen LogP contribution is -2.04. The van der Waals surface area contributed by atoms with Crippen LogP contribution in [0.15, 0.2) is 10.7 Å². The van der Waals surface area contributed by atoms with Gasteiger partial charge in [0.1, 0.15) is 0 Å². The van der Waals surface area contributed by atoms with Crippen LogP contribution in [0.1, 0.15) is 17.3 Å². The normalized spacial score (nSPS) is 9.50. The van der Waals surface area contributed by atoms with Crippen molar-refractivity contribution in [1.82, 2.24) is 5.16 Å². The maximum absolute atomic E-state index is 11.1. The van der Waals surface area contributed by atoms with Gasteiger partial charge in [0.05, 0.1) is 19.9 Å². The van der Waals surface area contributed by atoms with Crippen molar-refractivity contribution in [2.24, 2.45) is 0 Å². The smallest absolute Gasteiger partial charge is 0.347 e. The van der Waals surface area contributed by atoms with E-state index in [1.54, 1.807) is 6.92 Å². The Morgan fingerprint density at radius 1 is 1.75 bits per heavy atom. The molecule has 5 nitrogen and oxygen atoms in total. The number of ether oxygens (including phenoxy) is 2. The summed E-state index contributed by atoms with van der Waals surface area (Å²) in [6.45, 7) is 2.03. The van der Waals surface area contributed by atoms with E-state index in [1.165, 1.54) is 13.3 Å². The highest BCUT2D eigenvalue weighted by Crippen LogP contribution is 2.17. The number of aromatic nitrogens is 1. The molecule has 0 fully saturated rings. The highest BCUT2D eigenvalue weighted by Gasteiger charge is 2.17. The van der Waals surface area contributed by atoms with Gasteiger partial charge >= 0.3 is 11.9 Å². The highest BCUT2D eigenvalue weighted by atomic mass is 16.6. The minimum atomic E-state index is -0.490. The molecule has 66 valence electrons. The van der Waals surface area contributed by atoms with Gasteiger partial charge < -0.3 is 14.0 Å². The summed E-state index contributed by atoms with van der Waals surface area (Å²) < 4.78 is 14.0. The van der Waals surface area contributed by atoms with Crippen molar-refractivity contribution in [3.05, 3.63) is 11.8 Å². The predicted molar refractivity (Wildman–Crippen MR) is 39.0 cm³/mol. The van der Waals surface area contributed by atoms with Gasteiger partial charge in [-0.1, -0.05) is 5.16 Å². The van der Waals surface area contributed by atoms with Crippen LogP contribution in [0.4, 0.5) is 0 Å². The van der Waals surface area contributed by atoms with Gasteiger partial charge in [-0.2, -0.15) is 0 Å². The summed E-state index contributed by atoms with van der Waals surface area (Å²) >= 11 is 0. The van der Waals surface area contributed by atoms with Crippen LogP contribution in [0.5, 0.6) is 5.95 Å². The quantitative estimate of drug-likeness (QED) is 0.631. The van der Waals surface area contributed by atoms with Gasteiger partial charge in [0.25, 0.3) is 0 Å². The number of rotatable bonds is 3. The Kier molecular flexibility index (Phi) is 2.68. The standard InChI is InChI=1S/C7H9NO4/c1-3-11-6(9)5-4-8-12-7(5)10-2/h4H,3H2,1-2H3. The third-order valence-corrected chi connectivity index (χ3v) is 1.22. The van der Waals surface area contributed by atoms with E-state index >= 15 is 0 Å². The summed E-state index contributed by atoms with van der Waals surface area (Å²) in [6.07, 6.45) is 1.26. The second kappa shape index (κ2) is 3.75. The van der Waals surface area contributed by atoms with E-state index in [9.17, 15) is 4.79 Å². The van der Waals surface area contributed by atoms with E-state index in [-0.39, 0.29) is 11.5 Å². The summed E-state index contributed by atoms with van der Waals surface area (Å²) in [4.78, 5) is 11.1. The first kappa shape index (κ1) is 8.58. The monoisotopic (exact) mass is 171 g/mol. The van der Waals surface area contributed by atoms with Gasteiger partial charge in [-0.3, -0.25) is 0 Å². The number of hydrogen-bond acceptors (Lipinski definition) is 5. The number of hydrogen-bond donors (Lipinski definition) is 0. The molecule has 0 aliphatic heterocycles. The molecule has 12 heavy (non-hydrogen) atoms. The van der Waals surface area contributed by atoms with Crippen LogP contribution in [-0.2, 0) is 4.74 Å². The summed E-state index contributed by atoms with van der Waals surface area (Å²) in [5.41, 5.74) is 0.208. The maximum atomic E-state index is 11.1. The Morgan fingerprint density at radius 3 is 3.08 bits per heavy atom. The number of carbonyl (C=O) groups is 1. The van der Waals surface area contributed by atoms with Crippen molar-refractivity contribution < 1.29 is 18.8 Å². The first-order chi connectivity index (χ1) is 5.79. The van der Waals surface area contributed by atoms with Crippen LogP contribution in [0, 0.1) is 0 Å². The van der Waals surface area contributed by atoms with E-state index < -0.39 is 5.97 Å². The molecule has 1 aromatic rings. The van der Waals surface area contributed by atoms with Gasteiger partial charge in [0.15, 0.2) is 5.56 Å². The first-order valence-corrected chi connectivity index (χ1v) is 3.45. The molecule has 0 bridgehead atoms. The van der Waals surface area contributed by atoms with E-state index in [4.69, 9.17) is 9.47 Å². The average molecular weight is 171 g/mol. The van der Waals surface area contributed by atoms with Gasteiger partial charge in [-0.25, -0.2) is 4.79 Å². The second-order valence-electron chi connectivity index (χ2n) is 1.95. The Hall–Kier alpha value is -1.52. The van der Waals surface area contributed by atoms with Crippen molar-refractivity contribution in [3.63, 3.8) is 0 Å². The Morgan fingerprint density at radius 2 is 2.50 bits per heavy atom. The van der Waals surface area contributed by atoms with Gasteiger partial charge in [-0.05, 0) is 6.92 Å². The van der Waals surface area contributed by atoms with Crippen molar-refractivity contribution in [1.29, 1.82) is 0 Å². The molecule has 1 rings (SSSR count). The molecule has 0 amide bonds. The zero-order valence-electron chi connectivity index (χ0n) is 6.86.